The van der Waals surface area contributed by atoms with E-state index >= 15 is 0 Å². The molecule has 11 nitrogen and oxygen atoms in total. The SMILES string of the molecule is CC(C)NCc1cc(N(C)C)c2c(c1O)C(=O)C1C(=O)[C@@]3(O)C(=O)C(C(N)=O)C(=O)[C@H](N(C)C)[C@H]3C[C@H]1C2. The number of benzene rings is 1. The second-order valence-electron chi connectivity index (χ2n) is 11.5. The third-order valence-electron chi connectivity index (χ3n) is 8.30. The van der Waals surface area contributed by atoms with Crippen LogP contribution in [0.4, 0.5) is 5.69 Å². The number of phenolic OH excluding ortho intramolecular Hbond substituents is 1. The summed E-state index contributed by atoms with van der Waals surface area (Å²) in [4.78, 5) is 69.8. The van der Waals surface area contributed by atoms with E-state index in [0.717, 1.165) is 0 Å². The van der Waals surface area contributed by atoms with Crippen LogP contribution in [0.2, 0.25) is 0 Å². The van der Waals surface area contributed by atoms with Crippen LogP contribution in [0.25, 0.3) is 0 Å². The van der Waals surface area contributed by atoms with E-state index in [4.69, 9.17) is 5.73 Å². The van der Waals surface area contributed by atoms with Gasteiger partial charge in [0, 0.05) is 43.9 Å². The van der Waals surface area contributed by atoms with E-state index in [1.165, 1.54) is 4.90 Å². The number of amides is 1. The molecule has 0 aromatic heterocycles. The highest BCUT2D eigenvalue weighted by Gasteiger charge is 2.69. The van der Waals surface area contributed by atoms with Gasteiger partial charge in [0.25, 0.3) is 0 Å². The van der Waals surface area contributed by atoms with Gasteiger partial charge < -0.3 is 26.2 Å². The Morgan fingerprint density at radius 3 is 2.32 bits per heavy atom. The number of Topliss-reactive ketones (excluding diaryl/α,β-unsaturated/α-hetero) is 4. The Balaban J connectivity index is 1.87. The quantitative estimate of drug-likeness (QED) is 0.351. The van der Waals surface area contributed by atoms with Gasteiger partial charge in [-0.05, 0) is 44.5 Å². The Hall–Kier alpha value is -3.15. The number of nitrogens with zero attached hydrogens (tertiary/aromatic N) is 2. The van der Waals surface area contributed by atoms with Crippen molar-refractivity contribution in [3.63, 3.8) is 0 Å². The van der Waals surface area contributed by atoms with Crippen molar-refractivity contribution >= 4 is 34.7 Å². The lowest BCUT2D eigenvalue weighted by molar-refractivity contribution is -0.181. The minimum atomic E-state index is -2.73. The number of nitrogens with two attached hydrogens (primary N) is 1. The predicted octanol–water partition coefficient (Wildman–Crippen LogP) is -0.569. The maximum atomic E-state index is 14.0. The summed E-state index contributed by atoms with van der Waals surface area (Å²) in [7, 11) is 6.75. The average Bonchev–Trinajstić information content (AvgIpc) is 2.80. The minimum Gasteiger partial charge on any atom is -0.507 e. The molecular formula is C27H36N4O7. The van der Waals surface area contributed by atoms with Crippen LogP contribution < -0.4 is 16.0 Å². The summed E-state index contributed by atoms with van der Waals surface area (Å²) < 4.78 is 0. The first-order chi connectivity index (χ1) is 17.6. The Bertz CT molecular complexity index is 1240. The molecule has 0 bridgehead atoms. The molecular weight excluding hydrogens is 492 g/mol. The Morgan fingerprint density at radius 1 is 1.16 bits per heavy atom. The van der Waals surface area contributed by atoms with Gasteiger partial charge in [-0.3, -0.25) is 28.9 Å². The lowest BCUT2D eigenvalue weighted by Crippen LogP contribution is -2.74. The van der Waals surface area contributed by atoms with Crippen LogP contribution in [-0.4, -0.2) is 90.0 Å². The number of aromatic hydroxyl groups is 1. The molecule has 0 saturated heterocycles. The summed E-state index contributed by atoms with van der Waals surface area (Å²) in [6.45, 7) is 4.18. The van der Waals surface area contributed by atoms with Crippen molar-refractivity contribution in [3.05, 3.63) is 22.8 Å². The van der Waals surface area contributed by atoms with Gasteiger partial charge in [0.15, 0.2) is 34.7 Å². The van der Waals surface area contributed by atoms with E-state index in [0.29, 0.717) is 16.8 Å². The van der Waals surface area contributed by atoms with Crippen LogP contribution in [0.15, 0.2) is 6.07 Å². The monoisotopic (exact) mass is 528 g/mol. The summed E-state index contributed by atoms with van der Waals surface area (Å²) >= 11 is 0. The van der Waals surface area contributed by atoms with E-state index in [1.54, 1.807) is 14.1 Å². The zero-order valence-electron chi connectivity index (χ0n) is 22.6. The van der Waals surface area contributed by atoms with Gasteiger partial charge in [-0.15, -0.1) is 0 Å². The molecule has 3 aliphatic rings. The molecule has 1 aromatic carbocycles. The zero-order valence-corrected chi connectivity index (χ0v) is 22.6. The number of ketones is 4. The smallest absolute Gasteiger partial charge is 0.235 e. The van der Waals surface area contributed by atoms with Gasteiger partial charge in [-0.1, -0.05) is 13.8 Å². The first-order valence-electron chi connectivity index (χ1n) is 12.8. The molecule has 2 fully saturated rings. The molecule has 5 N–H and O–H groups in total. The van der Waals surface area contributed by atoms with Gasteiger partial charge in [0.2, 0.25) is 5.91 Å². The second kappa shape index (κ2) is 9.55. The van der Waals surface area contributed by atoms with Crippen molar-refractivity contribution in [2.24, 2.45) is 29.4 Å². The average molecular weight is 529 g/mol. The van der Waals surface area contributed by atoms with Gasteiger partial charge in [-0.25, -0.2) is 0 Å². The van der Waals surface area contributed by atoms with Crippen molar-refractivity contribution in [1.29, 1.82) is 0 Å². The van der Waals surface area contributed by atoms with Crippen molar-refractivity contribution in [1.82, 2.24) is 10.2 Å². The minimum absolute atomic E-state index is 0.00310. The predicted molar refractivity (Wildman–Crippen MR) is 138 cm³/mol. The van der Waals surface area contributed by atoms with Crippen molar-refractivity contribution in [2.75, 3.05) is 33.1 Å². The molecule has 4 rings (SSSR count). The molecule has 38 heavy (non-hydrogen) atoms. The lowest BCUT2D eigenvalue weighted by Gasteiger charge is -2.52. The van der Waals surface area contributed by atoms with E-state index in [1.807, 2.05) is 38.9 Å². The number of hydrogen-bond acceptors (Lipinski definition) is 10. The number of likely N-dealkylation sites (N-methyl/N-ethyl adjacent to an activating group) is 1. The highest BCUT2D eigenvalue weighted by atomic mass is 16.3. The molecule has 2 unspecified atom stereocenters. The molecule has 0 heterocycles. The summed E-state index contributed by atoms with van der Waals surface area (Å²) in [5.74, 6) is -10.4. The number of hydrogen-bond donors (Lipinski definition) is 4. The molecule has 206 valence electrons. The normalized spacial score (nSPS) is 30.8. The fraction of sp³-hybridized carbons (Fsp3) is 0.593. The number of primary amides is 1. The number of carbonyl (C=O) groups is 5. The maximum absolute atomic E-state index is 14.0. The standard InChI is InChI=1S/C27H36N4O7/c1-11(2)29-10-13-9-16(30(3)4)14-7-12-8-15-20(31(5)6)23(34)19(26(28)37)25(36)27(15,38)24(35)17(12)22(33)18(14)21(13)32/h9,11-12,15,17,19-20,29,32,38H,7-8,10H2,1-6H3,(H2,28,37)/t12-,15-,17?,19?,20-,27-/m1/s1. The van der Waals surface area contributed by atoms with Crippen LogP contribution in [0.1, 0.15) is 41.8 Å². The third kappa shape index (κ3) is 3.95. The second-order valence-corrected chi connectivity index (χ2v) is 11.5. The highest BCUT2D eigenvalue weighted by Crippen LogP contribution is 2.52. The van der Waals surface area contributed by atoms with E-state index < -0.39 is 64.4 Å². The third-order valence-corrected chi connectivity index (χ3v) is 8.30. The Kier molecular flexibility index (Phi) is 7.00. The molecule has 0 radical (unpaired) electrons. The van der Waals surface area contributed by atoms with E-state index in [2.05, 4.69) is 5.32 Å². The lowest BCUT2D eigenvalue weighted by atomic mass is 9.52. The molecule has 0 spiro atoms. The van der Waals surface area contributed by atoms with Crippen LogP contribution in [0.5, 0.6) is 5.75 Å². The first-order valence-corrected chi connectivity index (χ1v) is 12.8. The first kappa shape index (κ1) is 27.9. The van der Waals surface area contributed by atoms with Gasteiger partial charge in [-0.2, -0.15) is 0 Å². The van der Waals surface area contributed by atoms with Crippen LogP contribution in [0.3, 0.4) is 0 Å². The number of carbonyl (C=O) groups excluding carboxylic acids is 5. The summed E-state index contributed by atoms with van der Waals surface area (Å²) in [6, 6.07) is 0.802. The molecule has 0 aliphatic heterocycles. The van der Waals surface area contributed by atoms with Gasteiger partial charge in [0.05, 0.1) is 17.5 Å². The fourth-order valence-corrected chi connectivity index (χ4v) is 6.55. The molecule has 2 saturated carbocycles. The van der Waals surface area contributed by atoms with Crippen molar-refractivity contribution in [3.8, 4) is 5.75 Å². The maximum Gasteiger partial charge on any atom is 0.235 e. The number of anilines is 1. The molecule has 1 amide bonds. The largest absolute Gasteiger partial charge is 0.507 e. The number of fused-ring (bicyclic) bond motifs is 3. The van der Waals surface area contributed by atoms with Gasteiger partial charge in [0.1, 0.15) is 5.75 Å². The van der Waals surface area contributed by atoms with E-state index in [9.17, 15) is 34.2 Å². The van der Waals surface area contributed by atoms with Crippen molar-refractivity contribution < 1.29 is 34.2 Å². The number of rotatable bonds is 6. The summed E-state index contributed by atoms with van der Waals surface area (Å²) in [6.07, 6.45) is 0.249. The van der Waals surface area contributed by atoms with Gasteiger partial charge >= 0.3 is 0 Å². The number of phenols is 1. The molecule has 11 heteroatoms. The molecule has 3 aliphatic carbocycles. The van der Waals surface area contributed by atoms with E-state index in [-0.39, 0.29) is 36.7 Å². The van der Waals surface area contributed by atoms with Crippen LogP contribution in [-0.2, 0) is 32.1 Å². The zero-order chi connectivity index (χ0) is 28.4. The molecule has 1 aromatic rings. The number of nitrogens with one attached hydrogen (secondary N) is 1. The Morgan fingerprint density at radius 2 is 1.79 bits per heavy atom. The number of aliphatic hydroxyl groups is 1. The highest BCUT2D eigenvalue weighted by molar-refractivity contribution is 6.32. The fourth-order valence-electron chi connectivity index (χ4n) is 6.55. The summed E-state index contributed by atoms with van der Waals surface area (Å²) in [5.41, 5.74) is 4.41. The molecule has 6 atom stereocenters. The summed E-state index contributed by atoms with van der Waals surface area (Å²) in [5, 5.41) is 26.1. The van der Waals surface area contributed by atoms with Crippen LogP contribution in [0, 0.1) is 23.7 Å². The van der Waals surface area contributed by atoms with Crippen molar-refractivity contribution in [2.45, 2.75) is 50.9 Å². The van der Waals surface area contributed by atoms with Crippen LogP contribution >= 0.6 is 0 Å². The topological polar surface area (TPSA) is 170 Å². The Labute approximate surface area is 221 Å².